The van der Waals surface area contributed by atoms with Crippen molar-refractivity contribution in [2.24, 2.45) is 0 Å². The topological polar surface area (TPSA) is 149 Å². The first-order valence-electron chi connectivity index (χ1n) is 5.76. The molecule has 0 spiro atoms. The van der Waals surface area contributed by atoms with Gasteiger partial charge >= 0.3 is 4.87 Å². The van der Waals surface area contributed by atoms with Crippen molar-refractivity contribution < 1.29 is 20.1 Å². The van der Waals surface area contributed by atoms with Crippen LogP contribution in [-0.4, -0.2) is 55.2 Å². The fourth-order valence-electron chi connectivity index (χ4n) is 2.13. The van der Waals surface area contributed by atoms with Gasteiger partial charge in [-0.25, -0.2) is 4.98 Å². The van der Waals surface area contributed by atoms with E-state index in [4.69, 9.17) is 9.84 Å². The Morgan fingerprint density at radius 1 is 1.25 bits per heavy atom. The number of aliphatic hydroxyl groups is 3. The Balaban J connectivity index is 2.07. The molecule has 1 fully saturated rings. The molecule has 1 aliphatic heterocycles. The summed E-state index contributed by atoms with van der Waals surface area (Å²) < 4.78 is 5.40. The molecule has 1 saturated heterocycles. The molecule has 0 aromatic carbocycles. The quantitative estimate of drug-likeness (QED) is 0.423. The van der Waals surface area contributed by atoms with Crippen LogP contribution >= 0.6 is 11.3 Å². The zero-order chi connectivity index (χ0) is 14.4. The summed E-state index contributed by atoms with van der Waals surface area (Å²) in [5, 5.41) is 28.5. The minimum absolute atomic E-state index is 0.0148. The number of aromatic amines is 2. The largest absolute Gasteiger partial charge is 0.394 e. The molecule has 4 atom stereocenters. The van der Waals surface area contributed by atoms with E-state index in [0.29, 0.717) is 0 Å². The summed E-state index contributed by atoms with van der Waals surface area (Å²) in [7, 11) is 0. The molecular formula is C10H11N3O6S. The maximum absolute atomic E-state index is 11.8. The molecule has 0 saturated carbocycles. The second kappa shape index (κ2) is 4.75. The first-order valence-corrected chi connectivity index (χ1v) is 6.58. The lowest BCUT2D eigenvalue weighted by Crippen LogP contribution is -2.32. The van der Waals surface area contributed by atoms with Crippen LogP contribution in [0.15, 0.2) is 9.59 Å². The van der Waals surface area contributed by atoms with Gasteiger partial charge in [0.2, 0.25) is 0 Å². The van der Waals surface area contributed by atoms with Crippen molar-refractivity contribution in [3.63, 3.8) is 0 Å². The number of aromatic nitrogens is 3. The molecule has 5 N–H and O–H groups in total. The summed E-state index contributed by atoms with van der Waals surface area (Å²) in [5.41, 5.74) is -0.442. The number of rotatable bonds is 2. The minimum atomic E-state index is -1.34. The number of thiazole rings is 1. The van der Waals surface area contributed by atoms with E-state index in [1.165, 1.54) is 0 Å². The van der Waals surface area contributed by atoms with Gasteiger partial charge in [-0.05, 0) is 0 Å². The van der Waals surface area contributed by atoms with Crippen molar-refractivity contribution in [1.29, 1.82) is 0 Å². The van der Waals surface area contributed by atoms with E-state index in [1.807, 2.05) is 0 Å². The van der Waals surface area contributed by atoms with E-state index in [-0.39, 0.29) is 16.2 Å². The van der Waals surface area contributed by atoms with E-state index in [0.717, 1.165) is 11.3 Å². The molecule has 2 aromatic rings. The lowest BCUT2D eigenvalue weighted by atomic mass is 10.1. The molecule has 3 heterocycles. The summed E-state index contributed by atoms with van der Waals surface area (Å²) in [6.45, 7) is -0.476. The van der Waals surface area contributed by atoms with Gasteiger partial charge in [-0.15, -0.1) is 0 Å². The Kier molecular flexibility index (Phi) is 3.18. The molecule has 0 aliphatic carbocycles. The number of ether oxygens (including phenoxy) is 1. The molecule has 0 bridgehead atoms. The summed E-state index contributed by atoms with van der Waals surface area (Å²) in [6.07, 6.45) is -4.66. The Morgan fingerprint density at radius 2 is 2.00 bits per heavy atom. The number of hydrogen-bond donors (Lipinski definition) is 5. The number of H-pyrrole nitrogens is 2. The van der Waals surface area contributed by atoms with Crippen LogP contribution in [0, 0.1) is 0 Å². The molecule has 2 aromatic heterocycles. The molecule has 0 amide bonds. The predicted molar refractivity (Wildman–Crippen MR) is 67.6 cm³/mol. The molecular weight excluding hydrogens is 290 g/mol. The zero-order valence-corrected chi connectivity index (χ0v) is 10.8. The van der Waals surface area contributed by atoms with Crippen molar-refractivity contribution in [2.45, 2.75) is 24.4 Å². The second-order valence-corrected chi connectivity index (χ2v) is 5.39. The molecule has 9 nitrogen and oxygen atoms in total. The molecule has 1 unspecified atom stereocenters. The Bertz CT molecular complexity index is 751. The number of nitrogens with zero attached hydrogens (tertiary/aromatic N) is 1. The van der Waals surface area contributed by atoms with Crippen LogP contribution in [0.4, 0.5) is 0 Å². The Morgan fingerprint density at radius 3 is 2.65 bits per heavy atom. The van der Waals surface area contributed by atoms with E-state index >= 15 is 0 Å². The third-order valence-corrected chi connectivity index (χ3v) is 3.99. The predicted octanol–water partition coefficient (Wildman–Crippen LogP) is -2.17. The highest BCUT2D eigenvalue weighted by Crippen LogP contribution is 2.31. The first-order chi connectivity index (χ1) is 9.51. The molecule has 3 rings (SSSR count). The third kappa shape index (κ3) is 1.98. The number of fused-ring (bicyclic) bond motifs is 1. The van der Waals surface area contributed by atoms with Crippen LogP contribution in [0.1, 0.15) is 11.9 Å². The fraction of sp³-hybridized carbons (Fsp3) is 0.500. The van der Waals surface area contributed by atoms with Crippen molar-refractivity contribution in [1.82, 2.24) is 15.0 Å². The fourth-order valence-corrected chi connectivity index (χ4v) is 2.80. The standard InChI is InChI=1S/C10H11N3O6S/c14-1-2-3(15)4(16)5(19-2)7-11-8-6(9(17)12-7)20-10(18)13-8/h2-5,14-16H,1H2,(H2,11,12,13,17,18)/t2-,3-,4-,5?/m1/s1. The van der Waals surface area contributed by atoms with Crippen LogP contribution in [-0.2, 0) is 4.74 Å². The monoisotopic (exact) mass is 301 g/mol. The molecule has 0 radical (unpaired) electrons. The summed E-state index contributed by atoms with van der Waals surface area (Å²) >= 11 is 0.726. The lowest BCUT2D eigenvalue weighted by Gasteiger charge is -2.13. The van der Waals surface area contributed by atoms with Crippen LogP contribution in [0.3, 0.4) is 0 Å². The minimum Gasteiger partial charge on any atom is -0.394 e. The summed E-state index contributed by atoms with van der Waals surface area (Å²) in [4.78, 5) is 31.4. The average molecular weight is 301 g/mol. The van der Waals surface area contributed by atoms with Gasteiger partial charge in [0.05, 0.1) is 6.61 Å². The van der Waals surface area contributed by atoms with E-state index in [2.05, 4.69) is 15.0 Å². The van der Waals surface area contributed by atoms with Gasteiger partial charge in [-0.2, -0.15) is 0 Å². The van der Waals surface area contributed by atoms with Crippen LogP contribution in [0.5, 0.6) is 0 Å². The van der Waals surface area contributed by atoms with E-state index in [9.17, 15) is 19.8 Å². The summed E-state index contributed by atoms with van der Waals surface area (Å²) in [5.74, 6) is -0.0148. The van der Waals surface area contributed by atoms with Crippen molar-refractivity contribution in [3.8, 4) is 0 Å². The molecule has 1 aliphatic rings. The SMILES string of the molecule is O=c1[nH]c2nc(C3O[C@H](CO)[C@@H](O)[C@H]3O)[nH]c(=O)c2s1. The highest BCUT2D eigenvalue weighted by Gasteiger charge is 2.44. The number of aliphatic hydroxyl groups excluding tert-OH is 3. The lowest BCUT2D eigenvalue weighted by molar-refractivity contribution is -0.0252. The van der Waals surface area contributed by atoms with Gasteiger partial charge in [0.1, 0.15) is 34.9 Å². The summed E-state index contributed by atoms with van der Waals surface area (Å²) in [6, 6.07) is 0. The first kappa shape index (κ1) is 13.4. The molecule has 10 heteroatoms. The maximum atomic E-state index is 11.8. The Labute approximate surface area is 114 Å². The zero-order valence-electron chi connectivity index (χ0n) is 9.94. The van der Waals surface area contributed by atoms with Crippen LogP contribution in [0.2, 0.25) is 0 Å². The van der Waals surface area contributed by atoms with Gasteiger partial charge in [-0.3, -0.25) is 14.6 Å². The normalized spacial score (nSPS) is 30.1. The average Bonchev–Trinajstić information content (AvgIpc) is 2.91. The second-order valence-electron chi connectivity index (χ2n) is 4.40. The van der Waals surface area contributed by atoms with Crippen LogP contribution < -0.4 is 10.4 Å². The van der Waals surface area contributed by atoms with E-state index < -0.39 is 41.5 Å². The van der Waals surface area contributed by atoms with Gasteiger partial charge in [0, 0.05) is 0 Å². The Hall–Kier alpha value is -1.59. The van der Waals surface area contributed by atoms with Crippen molar-refractivity contribution in [3.05, 3.63) is 25.8 Å². The van der Waals surface area contributed by atoms with Crippen LogP contribution in [0.25, 0.3) is 10.3 Å². The molecule has 108 valence electrons. The van der Waals surface area contributed by atoms with E-state index in [1.54, 1.807) is 0 Å². The smallest absolute Gasteiger partial charge is 0.306 e. The van der Waals surface area contributed by atoms with Crippen molar-refractivity contribution in [2.75, 3.05) is 6.61 Å². The molecule has 20 heavy (non-hydrogen) atoms. The third-order valence-electron chi connectivity index (χ3n) is 3.12. The maximum Gasteiger partial charge on any atom is 0.306 e. The number of nitrogens with one attached hydrogen (secondary N) is 2. The number of hydrogen-bond acceptors (Lipinski definition) is 8. The van der Waals surface area contributed by atoms with Gasteiger partial charge in [-0.1, -0.05) is 11.3 Å². The van der Waals surface area contributed by atoms with Crippen molar-refractivity contribution >= 4 is 21.7 Å². The van der Waals surface area contributed by atoms with Gasteiger partial charge < -0.3 is 25.0 Å². The van der Waals surface area contributed by atoms with Gasteiger partial charge in [0.25, 0.3) is 5.56 Å². The van der Waals surface area contributed by atoms with Gasteiger partial charge in [0.15, 0.2) is 5.65 Å². The highest BCUT2D eigenvalue weighted by molar-refractivity contribution is 7.16. The highest BCUT2D eigenvalue weighted by atomic mass is 32.1.